The van der Waals surface area contributed by atoms with Crippen LogP contribution in [0.25, 0.3) is 0 Å². The average molecular weight is 592 g/mol. The van der Waals surface area contributed by atoms with Crippen LogP contribution in [0, 0.1) is 11.3 Å². The molecule has 43 heavy (non-hydrogen) atoms. The topological polar surface area (TPSA) is 89.1 Å². The zero-order valence-corrected chi connectivity index (χ0v) is 25.8. The second kappa shape index (κ2) is 10.1. The van der Waals surface area contributed by atoms with Crippen LogP contribution in [0.4, 0.5) is 11.4 Å². The van der Waals surface area contributed by atoms with Gasteiger partial charge in [0, 0.05) is 29.8 Å². The molecule has 5 atom stereocenters. The molecule has 0 radical (unpaired) electrons. The lowest BCUT2D eigenvalue weighted by Gasteiger charge is -2.33. The van der Waals surface area contributed by atoms with Gasteiger partial charge in [-0.3, -0.25) is 4.31 Å². The zero-order valence-electron chi connectivity index (χ0n) is 24.9. The molecule has 7 nitrogen and oxygen atoms in total. The molecule has 0 aromatic heterocycles. The van der Waals surface area contributed by atoms with Crippen LogP contribution in [0.15, 0.2) is 99.6 Å². The molecule has 2 aliphatic heterocycles. The Morgan fingerprint density at radius 1 is 0.907 bits per heavy atom. The van der Waals surface area contributed by atoms with E-state index in [1.165, 1.54) is 11.1 Å². The Labute approximate surface area is 254 Å². The second-order valence-corrected chi connectivity index (χ2v) is 14.5. The van der Waals surface area contributed by atoms with Crippen molar-refractivity contribution < 1.29 is 8.42 Å². The van der Waals surface area contributed by atoms with Crippen molar-refractivity contribution in [3.63, 3.8) is 0 Å². The van der Waals surface area contributed by atoms with E-state index < -0.39 is 27.1 Å². The quantitative estimate of drug-likeness (QED) is 0.226. The first-order valence-electron chi connectivity index (χ1n) is 15.3. The van der Waals surface area contributed by atoms with Gasteiger partial charge in [0.05, 0.1) is 22.7 Å². The molecule has 8 heteroatoms. The molecule has 0 bridgehead atoms. The molecule has 0 spiro atoms. The lowest BCUT2D eigenvalue weighted by molar-refractivity contribution is 0.323. The molecule has 0 saturated heterocycles. The predicted molar refractivity (Wildman–Crippen MR) is 169 cm³/mol. The Bertz CT molecular complexity index is 1790. The van der Waals surface area contributed by atoms with E-state index in [9.17, 15) is 13.7 Å². The van der Waals surface area contributed by atoms with E-state index in [2.05, 4.69) is 49.1 Å². The van der Waals surface area contributed by atoms with Gasteiger partial charge in [-0.05, 0) is 82.2 Å². The van der Waals surface area contributed by atoms with Gasteiger partial charge in [0.15, 0.2) is 0 Å². The van der Waals surface area contributed by atoms with E-state index in [4.69, 9.17) is 10.2 Å². The molecule has 0 unspecified atom stereocenters. The number of anilines is 2. The fourth-order valence-corrected chi connectivity index (χ4v) is 10.1. The molecular weight excluding hydrogens is 554 g/mol. The van der Waals surface area contributed by atoms with Crippen molar-refractivity contribution in [1.29, 1.82) is 5.26 Å². The maximum Gasteiger partial charge on any atom is 0.264 e. The van der Waals surface area contributed by atoms with E-state index in [0.29, 0.717) is 24.9 Å². The summed E-state index contributed by atoms with van der Waals surface area (Å²) in [5.74, 6) is 0.249. The monoisotopic (exact) mass is 591 g/mol. The van der Waals surface area contributed by atoms with Crippen molar-refractivity contribution in [3.05, 3.63) is 101 Å². The molecule has 0 N–H and O–H groups in total. The first-order valence-corrected chi connectivity index (χ1v) is 16.7. The largest absolute Gasteiger partial charge is 0.356 e. The van der Waals surface area contributed by atoms with Gasteiger partial charge in [-0.25, -0.2) is 8.42 Å². The Balaban J connectivity index is 1.41. The van der Waals surface area contributed by atoms with E-state index in [0.717, 1.165) is 36.1 Å². The van der Waals surface area contributed by atoms with Crippen molar-refractivity contribution in [3.8, 4) is 6.07 Å². The maximum absolute atomic E-state index is 14.2. The summed E-state index contributed by atoms with van der Waals surface area (Å²) in [5.41, 5.74) is 4.59. The second-order valence-electron chi connectivity index (χ2n) is 12.7. The summed E-state index contributed by atoms with van der Waals surface area (Å²) in [6, 6.07) is 24.6. The van der Waals surface area contributed by atoms with E-state index in [-0.39, 0.29) is 16.9 Å². The molecule has 2 heterocycles. The summed E-state index contributed by atoms with van der Waals surface area (Å²) in [7, 11) is -1.84. The highest BCUT2D eigenvalue weighted by Gasteiger charge is 2.59. The molecule has 3 aromatic rings. The normalized spacial score (nSPS) is 29.1. The lowest BCUT2D eigenvalue weighted by Crippen LogP contribution is -2.44. The molecule has 0 amide bonds. The average Bonchev–Trinajstić information content (AvgIpc) is 3.58. The summed E-state index contributed by atoms with van der Waals surface area (Å²) < 4.78 is 30.0. The molecule has 2 aliphatic carbocycles. The van der Waals surface area contributed by atoms with E-state index >= 15 is 0 Å². The minimum Gasteiger partial charge on any atom is -0.356 e. The van der Waals surface area contributed by atoms with Gasteiger partial charge in [0.1, 0.15) is 17.1 Å². The standard InChI is InChI=1S/C35H37N5O2S/c1-24(2)22-25-12-10-21-35(32(23-36)39(3)30-18-9-15-27(25)33(30)35)38-37-34-20-11-19-31(34)40(29-17-8-7-16-28(29)34)43(41,42)26-13-5-4-6-14-26/h4-9,13-18,22,25,31-32H,10-12,19-21H2,1-3H3/b38-37+/t25-,31-,32+,34+,35-/m1/s1. The van der Waals surface area contributed by atoms with Gasteiger partial charge in [-0.15, -0.1) is 0 Å². The van der Waals surface area contributed by atoms with Crippen LogP contribution in [0.5, 0.6) is 0 Å². The van der Waals surface area contributed by atoms with Crippen molar-refractivity contribution in [2.75, 3.05) is 16.3 Å². The summed E-state index contributed by atoms with van der Waals surface area (Å²) in [5, 5.41) is 21.2. The van der Waals surface area contributed by atoms with Gasteiger partial charge in [0.2, 0.25) is 0 Å². The Morgan fingerprint density at radius 3 is 2.35 bits per heavy atom. The summed E-state index contributed by atoms with van der Waals surface area (Å²) in [4.78, 5) is 2.35. The number of fused-ring (bicyclic) bond motifs is 3. The molecule has 1 fully saturated rings. The maximum atomic E-state index is 14.2. The lowest BCUT2D eigenvalue weighted by atomic mass is 9.81. The molecule has 3 aromatic carbocycles. The fraction of sp³-hybridized carbons (Fsp3) is 0.400. The number of hydrogen-bond donors (Lipinski definition) is 0. The number of sulfonamides is 1. The van der Waals surface area contributed by atoms with Crippen LogP contribution in [0.2, 0.25) is 0 Å². The van der Waals surface area contributed by atoms with Gasteiger partial charge in [0.25, 0.3) is 10.0 Å². The zero-order chi connectivity index (χ0) is 30.0. The molecule has 220 valence electrons. The van der Waals surface area contributed by atoms with Crippen LogP contribution in [-0.4, -0.2) is 27.5 Å². The third-order valence-corrected chi connectivity index (χ3v) is 11.9. The van der Waals surface area contributed by atoms with Crippen molar-refractivity contribution in [2.45, 2.75) is 86.3 Å². The van der Waals surface area contributed by atoms with Crippen molar-refractivity contribution in [2.24, 2.45) is 10.2 Å². The van der Waals surface area contributed by atoms with E-state index in [1.54, 1.807) is 28.6 Å². The predicted octanol–water partition coefficient (Wildman–Crippen LogP) is 7.57. The Hall–Kier alpha value is -3.96. The van der Waals surface area contributed by atoms with Crippen molar-refractivity contribution in [1.82, 2.24) is 0 Å². The number of rotatable bonds is 5. The number of azo groups is 1. The smallest absolute Gasteiger partial charge is 0.264 e. The van der Waals surface area contributed by atoms with Gasteiger partial charge in [-0.1, -0.05) is 60.2 Å². The van der Waals surface area contributed by atoms with Crippen molar-refractivity contribution >= 4 is 21.4 Å². The number of nitriles is 1. The third-order valence-electron chi connectivity index (χ3n) is 10.0. The third kappa shape index (κ3) is 3.94. The van der Waals surface area contributed by atoms with E-state index in [1.807, 2.05) is 37.4 Å². The summed E-state index contributed by atoms with van der Waals surface area (Å²) in [6.45, 7) is 4.27. The highest BCUT2D eigenvalue weighted by atomic mass is 32.2. The van der Waals surface area contributed by atoms with Crippen LogP contribution < -0.4 is 9.21 Å². The first kappa shape index (κ1) is 27.8. The molecule has 1 saturated carbocycles. The minimum absolute atomic E-state index is 0.249. The summed E-state index contributed by atoms with van der Waals surface area (Å²) in [6.07, 6.45) is 7.20. The Morgan fingerprint density at radius 2 is 1.58 bits per heavy atom. The van der Waals surface area contributed by atoms with Crippen LogP contribution in [-0.2, 0) is 21.1 Å². The summed E-state index contributed by atoms with van der Waals surface area (Å²) >= 11 is 0. The number of allylic oxidation sites excluding steroid dienone is 2. The SMILES string of the molecule is CC(C)=C[C@H]1CCC[C@]2(/N=N/[C@]34CCC[C@H]3N(S(=O)(=O)c3ccccc3)c3ccccc34)c3c1cccc3N(C)[C@H]2C#N. The first-order chi connectivity index (χ1) is 20.7. The van der Waals surface area contributed by atoms with Gasteiger partial charge >= 0.3 is 0 Å². The molecular formula is C35H37N5O2S. The Kier molecular flexibility index (Phi) is 6.51. The number of benzene rings is 3. The molecule has 7 rings (SSSR count). The number of para-hydroxylation sites is 1. The number of likely N-dealkylation sites (N-methyl/N-ethyl adjacent to an activating group) is 1. The van der Waals surface area contributed by atoms with Gasteiger partial charge in [-0.2, -0.15) is 15.5 Å². The highest BCUT2D eigenvalue weighted by molar-refractivity contribution is 7.92. The van der Waals surface area contributed by atoms with Gasteiger partial charge < -0.3 is 4.90 Å². The fourth-order valence-electron chi connectivity index (χ4n) is 8.31. The number of nitrogens with zero attached hydrogens (tertiary/aromatic N) is 5. The van der Waals surface area contributed by atoms with Crippen LogP contribution in [0.1, 0.15) is 75.0 Å². The minimum atomic E-state index is -3.83. The van der Waals surface area contributed by atoms with Crippen LogP contribution >= 0.6 is 0 Å². The van der Waals surface area contributed by atoms with Crippen LogP contribution in [0.3, 0.4) is 0 Å². The molecule has 4 aliphatic rings. The highest BCUT2D eigenvalue weighted by Crippen LogP contribution is 2.59. The number of hydrogen-bond acceptors (Lipinski definition) is 6.